The number of allylic oxidation sites excluding steroid dienone is 3. The van der Waals surface area contributed by atoms with Crippen LogP contribution in [0.5, 0.6) is 0 Å². The molecule has 3 rings (SSSR count). The van der Waals surface area contributed by atoms with Crippen molar-refractivity contribution in [3.05, 3.63) is 47.4 Å². The fourth-order valence-corrected chi connectivity index (χ4v) is 4.06. The van der Waals surface area contributed by atoms with Crippen LogP contribution in [-0.4, -0.2) is 36.9 Å². The number of hydrogen-bond donors (Lipinski definition) is 0. The Morgan fingerprint density at radius 1 is 1.11 bits per heavy atom. The van der Waals surface area contributed by atoms with Crippen LogP contribution in [0.15, 0.2) is 36.1 Å². The number of pyridine rings is 1. The van der Waals surface area contributed by atoms with Crippen molar-refractivity contribution in [2.45, 2.75) is 92.8 Å². The zero-order valence-electron chi connectivity index (χ0n) is 22.7. The zero-order chi connectivity index (χ0) is 26.7. The van der Waals surface area contributed by atoms with E-state index in [2.05, 4.69) is 40.9 Å². The van der Waals surface area contributed by atoms with Gasteiger partial charge in [-0.05, 0) is 58.3 Å². The standard InChI is InChI=1S/C23H32F3N5.C5H10/c1-5-8-9-10-14-29(7-3)16-19-20(23(24,25)26)28-22-30(15-17(4)6-2)21-18(31(19)22)12-11-13-27-21;1-3-5-4-2/h11-13,15H,5-10,14,16H2,1-4H3;3,5H,4H2,1-2H3/b17-15-;5-3+. The van der Waals surface area contributed by atoms with Crippen molar-refractivity contribution in [3.63, 3.8) is 0 Å². The molecule has 0 N–H and O–H groups in total. The Morgan fingerprint density at radius 2 is 1.86 bits per heavy atom. The van der Waals surface area contributed by atoms with Crippen molar-refractivity contribution in [1.29, 1.82) is 0 Å². The summed E-state index contributed by atoms with van der Waals surface area (Å²) in [6, 6.07) is 3.56. The molecule has 200 valence electrons. The van der Waals surface area contributed by atoms with Crippen LogP contribution in [-0.2, 0) is 12.7 Å². The monoisotopic (exact) mass is 505 g/mol. The van der Waals surface area contributed by atoms with Gasteiger partial charge in [0.25, 0.3) is 0 Å². The smallest absolute Gasteiger partial charge is 0.298 e. The first-order valence-electron chi connectivity index (χ1n) is 13.2. The van der Waals surface area contributed by atoms with Crippen LogP contribution in [0.4, 0.5) is 13.2 Å². The molecule has 5 nitrogen and oxygen atoms in total. The first-order chi connectivity index (χ1) is 17.2. The predicted molar refractivity (Wildman–Crippen MR) is 144 cm³/mol. The molecule has 0 aliphatic carbocycles. The molecule has 3 heterocycles. The highest BCUT2D eigenvalue weighted by Crippen LogP contribution is 2.35. The third-order valence-corrected chi connectivity index (χ3v) is 6.20. The lowest BCUT2D eigenvalue weighted by Gasteiger charge is -2.21. The maximum Gasteiger partial charge on any atom is 0.435 e. The molecule has 0 spiro atoms. The van der Waals surface area contributed by atoms with E-state index in [0.717, 1.165) is 50.6 Å². The lowest BCUT2D eigenvalue weighted by molar-refractivity contribution is -0.141. The third-order valence-electron chi connectivity index (χ3n) is 6.20. The van der Waals surface area contributed by atoms with E-state index in [-0.39, 0.29) is 18.0 Å². The Morgan fingerprint density at radius 3 is 2.42 bits per heavy atom. The second kappa shape index (κ2) is 14.2. The molecule has 0 atom stereocenters. The fraction of sp³-hybridized carbons (Fsp3) is 0.571. The minimum atomic E-state index is -4.52. The largest absolute Gasteiger partial charge is 0.435 e. The molecule has 0 bridgehead atoms. The van der Waals surface area contributed by atoms with E-state index >= 15 is 0 Å². The Labute approximate surface area is 213 Å². The summed E-state index contributed by atoms with van der Waals surface area (Å²) in [6.45, 7) is 13.9. The van der Waals surface area contributed by atoms with Crippen molar-refractivity contribution in [2.75, 3.05) is 13.1 Å². The van der Waals surface area contributed by atoms with Gasteiger partial charge in [-0.25, -0.2) is 9.97 Å². The second-order valence-electron chi connectivity index (χ2n) is 8.99. The molecule has 0 unspecified atom stereocenters. The molecular weight excluding hydrogens is 463 g/mol. The lowest BCUT2D eigenvalue weighted by Crippen LogP contribution is -2.26. The minimum Gasteiger partial charge on any atom is -0.298 e. The quantitative estimate of drug-likeness (QED) is 0.194. The van der Waals surface area contributed by atoms with Gasteiger partial charge in [-0.2, -0.15) is 13.2 Å². The summed E-state index contributed by atoms with van der Waals surface area (Å²) < 4.78 is 45.3. The predicted octanol–water partition coefficient (Wildman–Crippen LogP) is 8.35. The molecule has 3 aromatic heterocycles. The minimum absolute atomic E-state index is 0.180. The highest BCUT2D eigenvalue weighted by atomic mass is 19.4. The van der Waals surface area contributed by atoms with Crippen LogP contribution in [0.1, 0.15) is 91.5 Å². The molecule has 0 saturated heterocycles. The molecule has 0 saturated carbocycles. The first-order valence-corrected chi connectivity index (χ1v) is 13.2. The van der Waals surface area contributed by atoms with Gasteiger partial charge in [0.2, 0.25) is 5.78 Å². The van der Waals surface area contributed by atoms with Gasteiger partial charge in [0.15, 0.2) is 11.3 Å². The molecule has 0 fully saturated rings. The topological polar surface area (TPSA) is 38.4 Å². The van der Waals surface area contributed by atoms with E-state index in [4.69, 9.17) is 0 Å². The molecular formula is C28H42F3N5. The normalized spacial score (nSPS) is 12.8. The third kappa shape index (κ3) is 7.45. The van der Waals surface area contributed by atoms with Crippen molar-refractivity contribution in [1.82, 2.24) is 23.8 Å². The number of alkyl halides is 3. The average molecular weight is 506 g/mol. The maximum absolute atomic E-state index is 14.0. The number of rotatable bonds is 11. The summed E-state index contributed by atoms with van der Waals surface area (Å²) in [5, 5.41) is 0. The Hall–Kier alpha value is -2.61. The van der Waals surface area contributed by atoms with Crippen LogP contribution in [0, 0.1) is 0 Å². The number of hydrogen-bond acceptors (Lipinski definition) is 3. The van der Waals surface area contributed by atoms with Crippen LogP contribution in [0.25, 0.3) is 23.1 Å². The molecule has 36 heavy (non-hydrogen) atoms. The number of halogens is 3. The van der Waals surface area contributed by atoms with Crippen molar-refractivity contribution < 1.29 is 13.2 Å². The summed E-state index contributed by atoms with van der Waals surface area (Å²) >= 11 is 0. The van der Waals surface area contributed by atoms with Crippen molar-refractivity contribution in [3.8, 4) is 0 Å². The van der Waals surface area contributed by atoms with Crippen LogP contribution in [0.3, 0.4) is 0 Å². The van der Waals surface area contributed by atoms with E-state index in [1.165, 1.54) is 0 Å². The van der Waals surface area contributed by atoms with Crippen LogP contribution >= 0.6 is 0 Å². The summed E-state index contributed by atoms with van der Waals surface area (Å²) in [5.74, 6) is 0.255. The van der Waals surface area contributed by atoms with Gasteiger partial charge in [-0.3, -0.25) is 13.9 Å². The van der Waals surface area contributed by atoms with E-state index in [9.17, 15) is 13.2 Å². The molecule has 3 aromatic rings. The zero-order valence-corrected chi connectivity index (χ0v) is 22.7. The SMILES string of the molecule is C/C=C/CC.CCCCCCN(CC)Cc1c(C(F)(F)F)nc2n(/C=C(/C)CC)c3ncccc3n12. The van der Waals surface area contributed by atoms with E-state index in [0.29, 0.717) is 17.7 Å². The number of unbranched alkanes of at least 4 members (excludes halogenated alkanes) is 3. The van der Waals surface area contributed by atoms with Gasteiger partial charge in [0.1, 0.15) is 0 Å². The van der Waals surface area contributed by atoms with Crippen LogP contribution < -0.4 is 0 Å². The number of fused-ring (bicyclic) bond motifs is 3. The van der Waals surface area contributed by atoms with E-state index in [1.54, 1.807) is 21.2 Å². The molecule has 8 heteroatoms. The van der Waals surface area contributed by atoms with Gasteiger partial charge >= 0.3 is 6.18 Å². The van der Waals surface area contributed by atoms with Gasteiger partial charge < -0.3 is 0 Å². The lowest BCUT2D eigenvalue weighted by atomic mass is 10.2. The summed E-state index contributed by atoms with van der Waals surface area (Å²) in [7, 11) is 0. The van der Waals surface area contributed by atoms with Gasteiger partial charge in [0, 0.05) is 18.9 Å². The molecule has 0 aliphatic heterocycles. The van der Waals surface area contributed by atoms with E-state index < -0.39 is 11.9 Å². The summed E-state index contributed by atoms with van der Waals surface area (Å²) in [5.41, 5.74) is 1.65. The number of nitrogens with zero attached hydrogens (tertiary/aromatic N) is 5. The van der Waals surface area contributed by atoms with Gasteiger partial charge in [-0.1, -0.05) is 64.7 Å². The molecule has 0 aliphatic rings. The molecule has 0 radical (unpaired) electrons. The molecule has 0 amide bonds. The first kappa shape index (κ1) is 29.6. The van der Waals surface area contributed by atoms with Gasteiger partial charge in [-0.15, -0.1) is 0 Å². The number of imidazole rings is 2. The Bertz CT molecular complexity index is 1140. The molecule has 0 aromatic carbocycles. The number of aromatic nitrogens is 4. The van der Waals surface area contributed by atoms with Crippen LogP contribution in [0.2, 0.25) is 0 Å². The Kier molecular flexibility index (Phi) is 11.7. The van der Waals surface area contributed by atoms with E-state index in [1.807, 2.05) is 40.0 Å². The fourth-order valence-electron chi connectivity index (χ4n) is 4.06. The maximum atomic E-state index is 14.0. The average Bonchev–Trinajstić information content (AvgIpc) is 3.38. The van der Waals surface area contributed by atoms with Crippen molar-refractivity contribution in [2.24, 2.45) is 0 Å². The second-order valence-corrected chi connectivity index (χ2v) is 8.99. The summed E-state index contributed by atoms with van der Waals surface area (Å²) in [4.78, 5) is 10.6. The van der Waals surface area contributed by atoms with Gasteiger partial charge in [0.05, 0.1) is 11.2 Å². The Balaban J connectivity index is 0.000000830. The highest BCUT2D eigenvalue weighted by molar-refractivity contribution is 5.81. The van der Waals surface area contributed by atoms with Crippen molar-refractivity contribution >= 4 is 23.1 Å². The summed E-state index contributed by atoms with van der Waals surface area (Å²) in [6.07, 6.45) is 9.45. The highest BCUT2D eigenvalue weighted by Gasteiger charge is 2.39.